The van der Waals surface area contributed by atoms with Crippen molar-refractivity contribution >= 4 is 64.4 Å². The first-order valence-electron chi connectivity index (χ1n) is 23.5. The second-order valence-corrected chi connectivity index (χ2v) is 24.4. The molecule has 326 valence electrons. The second-order valence-electron chi connectivity index (χ2n) is 17.5. The Morgan fingerprint density at radius 3 is 0.681 bits per heavy atom. The van der Waals surface area contributed by atoms with Crippen molar-refractivity contribution in [2.45, 2.75) is 6.55 Å². The molecule has 0 saturated heterocycles. The van der Waals surface area contributed by atoms with Crippen molar-refractivity contribution in [3.63, 3.8) is 0 Å². The Bertz CT molecular complexity index is 3240. The van der Waals surface area contributed by atoms with Gasteiger partial charge in [0.05, 0.1) is 0 Å². The summed E-state index contributed by atoms with van der Waals surface area (Å²) < 4.78 is 0. The molecule has 0 aromatic heterocycles. The zero-order chi connectivity index (χ0) is 47.0. The van der Waals surface area contributed by atoms with Crippen LogP contribution in [0.15, 0.2) is 273 Å². The van der Waals surface area contributed by atoms with Crippen LogP contribution in [0.1, 0.15) is 44.5 Å². The number of terminal acetylenes is 2. The maximum absolute atomic E-state index is 6.78. The molecule has 0 nitrogen and oxygen atoms in total. The molecule has 0 saturated carbocycles. The van der Waals surface area contributed by atoms with Gasteiger partial charge in [-0.2, -0.15) is 0 Å². The van der Waals surface area contributed by atoms with Gasteiger partial charge >= 0.3 is 0 Å². The Hall–Kier alpha value is -8.51. The van der Waals surface area contributed by atoms with Crippen molar-refractivity contribution in [2.24, 2.45) is 0 Å². The molecule has 2 aliphatic rings. The first-order valence-corrected chi connectivity index (χ1v) is 28.0. The van der Waals surface area contributed by atoms with Crippen LogP contribution in [0.5, 0.6) is 0 Å². The molecule has 2 heteroatoms. The molecule has 9 aromatic carbocycles. The van der Waals surface area contributed by atoms with Crippen molar-refractivity contribution in [1.82, 2.24) is 0 Å². The molecule has 0 atom stereocenters. The van der Waals surface area contributed by atoms with Crippen LogP contribution in [0.4, 0.5) is 0 Å². The summed E-state index contributed by atoms with van der Waals surface area (Å²) in [5.41, 5.74) is 21.5. The van der Waals surface area contributed by atoms with Gasteiger partial charge in [-0.05, 0) is 92.8 Å². The predicted molar refractivity (Wildman–Crippen MR) is 300 cm³/mol. The number of hydrogen-bond donors (Lipinski definition) is 0. The lowest BCUT2D eigenvalue weighted by molar-refractivity contribution is 1.58. The fourth-order valence-corrected chi connectivity index (χ4v) is 18.6. The van der Waals surface area contributed by atoms with Gasteiger partial charge in [-0.3, -0.25) is 0 Å². The van der Waals surface area contributed by atoms with Crippen molar-refractivity contribution in [3.8, 4) is 23.9 Å². The van der Waals surface area contributed by atoms with Gasteiger partial charge in [0.1, 0.15) is 0 Å². The highest BCUT2D eigenvalue weighted by atomic mass is 28.3. The lowest BCUT2D eigenvalue weighted by Crippen LogP contribution is -2.48. The zero-order valence-electron chi connectivity index (χ0n) is 38.6. The van der Waals surface area contributed by atoms with Crippen LogP contribution in [-0.2, 0) is 0 Å². The summed E-state index contributed by atoms with van der Waals surface area (Å²) in [6.45, 7) is 2.33. The van der Waals surface area contributed by atoms with Crippen molar-refractivity contribution < 1.29 is 0 Å². The molecular formula is C67H50Si2. The van der Waals surface area contributed by atoms with Crippen LogP contribution in [0.3, 0.4) is 0 Å². The Morgan fingerprint density at radius 2 is 0.449 bits per heavy atom. The number of benzene rings is 9. The highest BCUT2D eigenvalue weighted by Crippen LogP contribution is 2.57. The SMILES string of the molecule is C#C[Si]1(C)C(c2ccccc2)=C(c2ccccc2)C(c2ccccc2)=C1c1ccccc1.C#C[Si]1(c2ccccc2)C(c2ccccc2)=C(c2ccccc2)C(c2ccccc2)=C1c1ccccc1. The summed E-state index contributed by atoms with van der Waals surface area (Å²) >= 11 is 0. The van der Waals surface area contributed by atoms with E-state index in [0.717, 1.165) is 0 Å². The quantitative estimate of drug-likeness (QED) is 0.1000. The summed E-state index contributed by atoms with van der Waals surface area (Å²) in [4.78, 5) is 0. The van der Waals surface area contributed by atoms with Gasteiger partial charge in [0, 0.05) is 0 Å². The molecule has 0 N–H and O–H groups in total. The van der Waals surface area contributed by atoms with Crippen LogP contribution in [-0.4, -0.2) is 16.1 Å². The van der Waals surface area contributed by atoms with E-state index in [1.807, 2.05) is 0 Å². The Balaban J connectivity index is 0.000000162. The lowest BCUT2D eigenvalue weighted by Gasteiger charge is -2.30. The Labute approximate surface area is 410 Å². The average molecular weight is 911 g/mol. The molecule has 2 aliphatic heterocycles. The van der Waals surface area contributed by atoms with E-state index < -0.39 is 16.1 Å². The van der Waals surface area contributed by atoms with Gasteiger partial charge in [0.15, 0.2) is 8.07 Å². The summed E-state index contributed by atoms with van der Waals surface area (Å²) in [6, 6.07) is 96.6. The smallest absolute Gasteiger partial charge is 0.126 e. The van der Waals surface area contributed by atoms with Crippen LogP contribution >= 0.6 is 0 Å². The maximum atomic E-state index is 6.78. The van der Waals surface area contributed by atoms with E-state index in [1.54, 1.807) is 0 Å². The standard InChI is InChI=1S/C36H26Si.C31H24Si/c1-2-37(32-26-16-7-17-27-32)35(30-22-12-5-13-23-30)33(28-18-8-3-9-19-28)34(29-20-10-4-11-21-29)36(37)31-24-14-6-15-25-31;1-3-32(2)30(26-20-12-6-13-21-26)28(24-16-8-4-9-17-24)29(25-18-10-5-11-19-25)31(32)27-22-14-7-15-23-27/h1,3-27H;1,4-23H,2H3. The van der Waals surface area contributed by atoms with Crippen LogP contribution < -0.4 is 5.19 Å². The zero-order valence-corrected chi connectivity index (χ0v) is 40.6. The Morgan fingerprint density at radius 1 is 0.246 bits per heavy atom. The monoisotopic (exact) mass is 910 g/mol. The number of rotatable bonds is 9. The molecule has 11 rings (SSSR count). The summed E-state index contributed by atoms with van der Waals surface area (Å²) in [6.07, 6.45) is 13.2. The molecule has 0 unspecified atom stereocenters. The average Bonchev–Trinajstić information content (AvgIpc) is 3.91. The number of hydrogen-bond acceptors (Lipinski definition) is 0. The molecule has 0 amide bonds. The molecule has 0 spiro atoms. The van der Waals surface area contributed by atoms with Gasteiger partial charge in [-0.1, -0.05) is 280 Å². The third-order valence-corrected chi connectivity index (χ3v) is 21.3. The van der Waals surface area contributed by atoms with E-state index >= 15 is 0 Å². The van der Waals surface area contributed by atoms with Crippen molar-refractivity contribution in [2.75, 3.05) is 0 Å². The molecule has 0 radical (unpaired) electrons. The fraction of sp³-hybridized carbons (Fsp3) is 0.0149. The van der Waals surface area contributed by atoms with E-state index in [9.17, 15) is 0 Å². The molecular weight excluding hydrogens is 861 g/mol. The lowest BCUT2D eigenvalue weighted by atomic mass is 9.89. The van der Waals surface area contributed by atoms with E-state index in [2.05, 4.69) is 291 Å². The van der Waals surface area contributed by atoms with Crippen molar-refractivity contribution in [1.29, 1.82) is 0 Å². The summed E-state index contributed by atoms with van der Waals surface area (Å²) in [5, 5.41) is 6.44. The fourth-order valence-electron chi connectivity index (χ4n) is 10.6. The molecule has 0 bridgehead atoms. The number of allylic oxidation sites excluding steroid dienone is 4. The molecule has 0 fully saturated rings. The predicted octanol–water partition coefficient (Wildman–Crippen LogP) is 15.4. The molecule has 2 heterocycles. The van der Waals surface area contributed by atoms with Gasteiger partial charge in [-0.25, -0.2) is 0 Å². The minimum absolute atomic E-state index is 1.19. The maximum Gasteiger partial charge on any atom is 0.231 e. The first kappa shape index (κ1) is 44.3. The van der Waals surface area contributed by atoms with E-state index in [0.29, 0.717) is 0 Å². The van der Waals surface area contributed by atoms with Crippen molar-refractivity contribution in [3.05, 3.63) is 317 Å². The van der Waals surface area contributed by atoms with E-state index in [1.165, 1.54) is 92.8 Å². The van der Waals surface area contributed by atoms with Crippen LogP contribution in [0.25, 0.3) is 43.1 Å². The third kappa shape index (κ3) is 8.13. The first-order chi connectivity index (χ1) is 34.1. The van der Waals surface area contributed by atoms with Gasteiger partial charge in [0.2, 0.25) is 8.07 Å². The summed E-state index contributed by atoms with van der Waals surface area (Å²) in [5.74, 6) is 0. The summed E-state index contributed by atoms with van der Waals surface area (Å²) in [7, 11) is -5.43. The largest absolute Gasteiger partial charge is 0.231 e. The molecule has 69 heavy (non-hydrogen) atoms. The molecule has 0 aliphatic carbocycles. The highest BCUT2D eigenvalue weighted by Gasteiger charge is 2.51. The highest BCUT2D eigenvalue weighted by molar-refractivity contribution is 7.26. The normalized spacial score (nSPS) is 14.7. The van der Waals surface area contributed by atoms with Gasteiger partial charge in [0.25, 0.3) is 0 Å². The van der Waals surface area contributed by atoms with Gasteiger partial charge < -0.3 is 0 Å². The topological polar surface area (TPSA) is 0 Å². The van der Waals surface area contributed by atoms with E-state index in [-0.39, 0.29) is 0 Å². The Kier molecular flexibility index (Phi) is 12.7. The van der Waals surface area contributed by atoms with Crippen LogP contribution in [0, 0.1) is 23.9 Å². The third-order valence-electron chi connectivity index (χ3n) is 13.5. The minimum Gasteiger partial charge on any atom is -0.126 e. The molecule has 9 aromatic rings. The van der Waals surface area contributed by atoms with Gasteiger partial charge in [-0.15, -0.1) is 23.9 Å². The van der Waals surface area contributed by atoms with E-state index in [4.69, 9.17) is 12.8 Å². The second kappa shape index (κ2) is 19.8. The van der Waals surface area contributed by atoms with Crippen LogP contribution in [0.2, 0.25) is 6.55 Å². The minimum atomic E-state index is -2.93.